The first-order valence-corrected chi connectivity index (χ1v) is 29.7. The van der Waals surface area contributed by atoms with Crippen LogP contribution >= 0.6 is 0 Å². The number of hydrogen-bond acceptors (Lipinski definition) is 1. The molecule has 11 aromatic carbocycles. The van der Waals surface area contributed by atoms with E-state index in [0.717, 1.165) is 52.3 Å². The van der Waals surface area contributed by atoms with Gasteiger partial charge >= 0.3 is 0 Å². The van der Waals surface area contributed by atoms with Crippen LogP contribution in [0.5, 0.6) is 0 Å². The van der Waals surface area contributed by atoms with Crippen LogP contribution in [0.4, 0.5) is 0 Å². The third-order valence-electron chi connectivity index (χ3n) is 16.6. The van der Waals surface area contributed by atoms with Gasteiger partial charge in [-0.2, -0.15) is 0 Å². The van der Waals surface area contributed by atoms with Gasteiger partial charge in [0.1, 0.15) is 5.82 Å². The number of aromatic nitrogens is 4. The predicted molar refractivity (Wildman–Crippen MR) is 338 cm³/mol. The maximum atomic E-state index is 5.05. The van der Waals surface area contributed by atoms with Crippen LogP contribution in [-0.2, 0) is 0 Å². The summed E-state index contributed by atoms with van der Waals surface area (Å²) in [6.45, 7) is 0. The SMILES string of the molecule is C1=CCCC([Si](c2ccccc2)(c2ccccc2)c2cccc(-c3cccc(-c4cccc(-c5ccc6c(c5)c5cc(-c7nccn7-c7ccc8c(c7)c7ccccc7n8-c7ccccc7)ccc5n6-c5ccccc5)c4)c3)c2)=C1. The highest BCUT2D eigenvalue weighted by Crippen LogP contribution is 2.40. The molecule has 14 aromatic rings. The molecule has 0 saturated heterocycles. The third kappa shape index (κ3) is 7.93. The van der Waals surface area contributed by atoms with Gasteiger partial charge < -0.3 is 9.13 Å². The van der Waals surface area contributed by atoms with Crippen LogP contribution in [0, 0.1) is 0 Å². The monoisotopic (exact) mass is 1040 g/mol. The Morgan fingerprint density at radius 3 is 1.39 bits per heavy atom. The Labute approximate surface area is 466 Å². The quantitative estimate of drug-likeness (QED) is 0.0937. The summed E-state index contributed by atoms with van der Waals surface area (Å²) < 4.78 is 6.99. The second-order valence-electron chi connectivity index (χ2n) is 21.0. The maximum absolute atomic E-state index is 5.05. The number of benzene rings is 11. The van der Waals surface area contributed by atoms with Gasteiger partial charge in [-0.1, -0.05) is 205 Å². The number of rotatable bonds is 11. The summed E-state index contributed by atoms with van der Waals surface area (Å²) in [5, 5.41) is 10.6. The number of fused-ring (bicyclic) bond motifs is 6. The molecule has 5 heteroatoms. The molecular formula is C75H54N4Si. The van der Waals surface area contributed by atoms with E-state index in [-0.39, 0.29) is 0 Å². The van der Waals surface area contributed by atoms with Gasteiger partial charge in [-0.05, 0) is 153 Å². The first-order chi connectivity index (χ1) is 39.7. The molecule has 1 aliphatic carbocycles. The molecule has 4 nitrogen and oxygen atoms in total. The Morgan fingerprint density at radius 2 is 0.800 bits per heavy atom. The van der Waals surface area contributed by atoms with Crippen LogP contribution in [0.2, 0.25) is 0 Å². The van der Waals surface area contributed by atoms with Crippen LogP contribution in [0.3, 0.4) is 0 Å². The van der Waals surface area contributed by atoms with Crippen molar-refractivity contribution in [3.8, 4) is 61.8 Å². The molecule has 0 radical (unpaired) electrons. The van der Waals surface area contributed by atoms with Crippen molar-refractivity contribution in [3.05, 3.63) is 309 Å². The number of para-hydroxylation sites is 3. The normalized spacial score (nSPS) is 12.7. The van der Waals surface area contributed by atoms with E-state index in [0.29, 0.717) is 0 Å². The number of allylic oxidation sites excluding steroid dienone is 4. The second kappa shape index (κ2) is 19.7. The van der Waals surface area contributed by atoms with Gasteiger partial charge in [0.05, 0.1) is 22.1 Å². The highest BCUT2D eigenvalue weighted by atomic mass is 28.3. The van der Waals surface area contributed by atoms with Crippen molar-refractivity contribution < 1.29 is 0 Å². The fraction of sp³-hybridized carbons (Fsp3) is 0.0267. The van der Waals surface area contributed by atoms with Gasteiger partial charge in [0.2, 0.25) is 0 Å². The van der Waals surface area contributed by atoms with E-state index in [2.05, 4.69) is 311 Å². The molecule has 1 aliphatic rings. The minimum Gasteiger partial charge on any atom is -0.309 e. The molecule has 80 heavy (non-hydrogen) atoms. The molecule has 0 fully saturated rings. The zero-order chi connectivity index (χ0) is 53.0. The van der Waals surface area contributed by atoms with Gasteiger partial charge in [-0.25, -0.2) is 4.98 Å². The Kier molecular flexibility index (Phi) is 11.6. The van der Waals surface area contributed by atoms with Crippen molar-refractivity contribution in [2.24, 2.45) is 0 Å². The lowest BCUT2D eigenvalue weighted by molar-refractivity contribution is 1.01. The summed E-state index contributed by atoms with van der Waals surface area (Å²) in [6.07, 6.45) is 13.1. The highest BCUT2D eigenvalue weighted by Gasteiger charge is 2.43. The largest absolute Gasteiger partial charge is 0.309 e. The molecule has 0 aliphatic heterocycles. The van der Waals surface area contributed by atoms with Gasteiger partial charge in [0, 0.05) is 56.6 Å². The lowest BCUT2D eigenvalue weighted by Gasteiger charge is -2.37. The van der Waals surface area contributed by atoms with Crippen LogP contribution in [0.1, 0.15) is 12.8 Å². The van der Waals surface area contributed by atoms with Gasteiger partial charge in [0.25, 0.3) is 0 Å². The van der Waals surface area contributed by atoms with E-state index in [9.17, 15) is 0 Å². The van der Waals surface area contributed by atoms with E-state index < -0.39 is 8.07 Å². The zero-order valence-corrected chi connectivity index (χ0v) is 45.1. The van der Waals surface area contributed by atoms with Crippen LogP contribution in [0.15, 0.2) is 309 Å². The molecule has 15 rings (SSSR count). The van der Waals surface area contributed by atoms with E-state index in [4.69, 9.17) is 4.98 Å². The molecular weight excluding hydrogens is 985 g/mol. The number of imidazole rings is 1. The lowest BCUT2D eigenvalue weighted by Crippen LogP contribution is -2.68. The van der Waals surface area contributed by atoms with Gasteiger partial charge in [0.15, 0.2) is 8.07 Å². The summed E-state index contributed by atoms with van der Waals surface area (Å²) >= 11 is 0. The molecule has 378 valence electrons. The summed E-state index contributed by atoms with van der Waals surface area (Å²) in [5.41, 5.74) is 16.2. The molecule has 0 unspecified atom stereocenters. The summed E-state index contributed by atoms with van der Waals surface area (Å²) in [4.78, 5) is 5.05. The van der Waals surface area contributed by atoms with E-state index >= 15 is 0 Å². The zero-order valence-electron chi connectivity index (χ0n) is 44.1. The predicted octanol–water partition coefficient (Wildman–Crippen LogP) is 17.0. The van der Waals surface area contributed by atoms with Crippen molar-refractivity contribution in [1.29, 1.82) is 0 Å². The molecule has 3 heterocycles. The van der Waals surface area contributed by atoms with Crippen molar-refractivity contribution in [1.82, 2.24) is 18.7 Å². The molecule has 0 N–H and O–H groups in total. The average molecular weight is 1040 g/mol. The summed E-state index contributed by atoms with van der Waals surface area (Å²) in [7, 11) is -2.62. The first kappa shape index (κ1) is 47.2. The second-order valence-corrected chi connectivity index (χ2v) is 24.9. The number of hydrogen-bond donors (Lipinski definition) is 0. The fourth-order valence-corrected chi connectivity index (χ4v) is 18.0. The highest BCUT2D eigenvalue weighted by molar-refractivity contribution is 7.16. The van der Waals surface area contributed by atoms with E-state index in [1.54, 1.807) is 5.20 Å². The van der Waals surface area contributed by atoms with Crippen molar-refractivity contribution in [3.63, 3.8) is 0 Å². The average Bonchev–Trinajstić information content (AvgIpc) is 4.34. The molecule has 0 spiro atoms. The van der Waals surface area contributed by atoms with Crippen LogP contribution in [-0.4, -0.2) is 26.8 Å². The van der Waals surface area contributed by atoms with Gasteiger partial charge in [-0.3, -0.25) is 4.57 Å². The standard InChI is InChI=1S/C75H54N4Si/c1-6-26-60(27-7-1)78-71-38-17-16-37-67(71)70-52-62(41-44-74(70)78)77-46-45-76-75(77)59-40-43-73-69(51-59)68-50-58(39-42-72(68)79(73)61-28-8-2-9-29-61)56-24-19-22-54(48-56)53-21-18-23-55(47-53)57-25-20-36-66(49-57)80(63-30-10-3-11-31-63,64-32-12-4-13-33-64)65-34-14-5-15-35-65/h1-14,16-34,36-52H,15,35H2. The van der Waals surface area contributed by atoms with Crippen molar-refractivity contribution >= 4 is 67.2 Å². The maximum Gasteiger partial charge on any atom is 0.175 e. The van der Waals surface area contributed by atoms with Gasteiger partial charge in [-0.15, -0.1) is 0 Å². The minimum atomic E-state index is -2.62. The molecule has 0 saturated carbocycles. The molecule has 0 amide bonds. The molecule has 3 aromatic heterocycles. The van der Waals surface area contributed by atoms with E-state index in [1.165, 1.54) is 81.5 Å². The smallest absolute Gasteiger partial charge is 0.175 e. The Bertz CT molecular complexity index is 4660. The first-order valence-electron chi connectivity index (χ1n) is 27.7. The summed E-state index contributed by atoms with van der Waals surface area (Å²) in [5.74, 6) is 0.893. The van der Waals surface area contributed by atoms with Crippen LogP contribution in [0.25, 0.3) is 105 Å². The Morgan fingerprint density at radius 1 is 0.338 bits per heavy atom. The summed E-state index contributed by atoms with van der Waals surface area (Å²) in [6, 6.07) is 101. The van der Waals surface area contributed by atoms with Crippen LogP contribution < -0.4 is 15.6 Å². The minimum absolute atomic E-state index is 0.893. The van der Waals surface area contributed by atoms with E-state index in [1.807, 2.05) is 6.20 Å². The molecule has 0 bridgehead atoms. The number of nitrogens with zero attached hydrogens (tertiary/aromatic N) is 4. The Hall–Kier alpha value is -10.1. The third-order valence-corrected chi connectivity index (χ3v) is 21.5. The lowest BCUT2D eigenvalue weighted by atomic mass is 9.95. The topological polar surface area (TPSA) is 27.7 Å². The molecule has 0 atom stereocenters. The van der Waals surface area contributed by atoms with Crippen molar-refractivity contribution in [2.75, 3.05) is 0 Å². The van der Waals surface area contributed by atoms with Crippen molar-refractivity contribution in [2.45, 2.75) is 12.8 Å². The Balaban J connectivity index is 0.809. The fourth-order valence-electron chi connectivity index (χ4n) is 12.9.